The lowest BCUT2D eigenvalue weighted by Crippen LogP contribution is -2.34. The molecule has 2 amide bonds. The van der Waals surface area contributed by atoms with Crippen LogP contribution < -0.4 is 5.32 Å². The number of nitrogens with one attached hydrogen (secondary N) is 1. The fourth-order valence-electron chi connectivity index (χ4n) is 3.25. The molecule has 1 aromatic heterocycles. The van der Waals surface area contributed by atoms with Crippen LogP contribution in [0.4, 0.5) is 5.69 Å². The summed E-state index contributed by atoms with van der Waals surface area (Å²) in [6.07, 6.45) is 2.54. The third-order valence-electron chi connectivity index (χ3n) is 4.98. The Labute approximate surface area is 165 Å². The van der Waals surface area contributed by atoms with Crippen molar-refractivity contribution < 1.29 is 9.59 Å². The lowest BCUT2D eigenvalue weighted by Gasteiger charge is -2.30. The summed E-state index contributed by atoms with van der Waals surface area (Å²) in [7, 11) is 1.64. The van der Waals surface area contributed by atoms with Gasteiger partial charge >= 0.3 is 0 Å². The molecule has 0 spiro atoms. The van der Waals surface area contributed by atoms with E-state index in [4.69, 9.17) is 0 Å². The number of likely N-dealkylation sites (N-methyl/N-ethyl adjacent to an activating group) is 1. The number of carbonyl (C=O) groups is 2. The molecular weight excluding hydrogens is 358 g/mol. The van der Waals surface area contributed by atoms with Gasteiger partial charge in [0.15, 0.2) is 0 Å². The zero-order valence-electron chi connectivity index (χ0n) is 16.0. The molecule has 1 aromatic carbocycles. The van der Waals surface area contributed by atoms with E-state index in [2.05, 4.69) is 29.3 Å². The number of likely N-dealkylation sites (tertiary alicyclic amines) is 1. The molecule has 1 aliphatic rings. The van der Waals surface area contributed by atoms with Crippen molar-refractivity contribution >= 4 is 28.8 Å². The summed E-state index contributed by atoms with van der Waals surface area (Å²) in [4.78, 5) is 29.0. The third-order valence-corrected chi connectivity index (χ3v) is 5.84. The Hall–Kier alpha value is -2.18. The van der Waals surface area contributed by atoms with E-state index in [1.807, 2.05) is 23.6 Å². The molecule has 1 aliphatic heterocycles. The number of amides is 2. The lowest BCUT2D eigenvalue weighted by atomic mass is 9.99. The van der Waals surface area contributed by atoms with Crippen LogP contribution in [0.25, 0.3) is 0 Å². The Kier molecular flexibility index (Phi) is 6.63. The second-order valence-electron chi connectivity index (χ2n) is 7.34. The van der Waals surface area contributed by atoms with Crippen LogP contribution in [0, 0.1) is 5.92 Å². The van der Waals surface area contributed by atoms with Crippen LogP contribution in [0.1, 0.15) is 35.0 Å². The number of piperidine rings is 1. The number of anilines is 1. The predicted octanol–water partition coefficient (Wildman–Crippen LogP) is 3.69. The molecular formula is C21H27N3O2S. The first-order valence-electron chi connectivity index (χ1n) is 9.41. The molecule has 144 valence electrons. The highest BCUT2D eigenvalue weighted by Crippen LogP contribution is 2.19. The van der Waals surface area contributed by atoms with E-state index in [9.17, 15) is 9.59 Å². The fourth-order valence-corrected chi connectivity index (χ4v) is 3.97. The fraction of sp³-hybridized carbons (Fsp3) is 0.429. The molecule has 0 atom stereocenters. The molecule has 0 saturated carbocycles. The number of nitrogens with zero attached hydrogens (tertiary/aromatic N) is 2. The van der Waals surface area contributed by atoms with Crippen molar-refractivity contribution in [2.45, 2.75) is 26.3 Å². The first-order chi connectivity index (χ1) is 13.0. The molecule has 2 aromatic rings. The van der Waals surface area contributed by atoms with Crippen molar-refractivity contribution in [2.24, 2.45) is 5.92 Å². The standard InChI is InChI=1S/C21H27N3O2S/c1-16-9-11-24(12-10-16)14-17-5-7-18(8-6-17)22-20(25)15-23(2)21(26)19-4-3-13-27-19/h3-8,13,16H,9-12,14-15H2,1-2H3,(H,22,25). The Morgan fingerprint density at radius 1 is 1.19 bits per heavy atom. The summed E-state index contributed by atoms with van der Waals surface area (Å²) >= 11 is 1.38. The number of hydrogen-bond acceptors (Lipinski definition) is 4. The zero-order valence-corrected chi connectivity index (χ0v) is 16.8. The van der Waals surface area contributed by atoms with Gasteiger partial charge in [0.2, 0.25) is 5.91 Å². The minimum atomic E-state index is -0.194. The van der Waals surface area contributed by atoms with Crippen LogP contribution >= 0.6 is 11.3 Å². The molecule has 0 aliphatic carbocycles. The monoisotopic (exact) mass is 385 g/mol. The van der Waals surface area contributed by atoms with Crippen LogP contribution in [-0.4, -0.2) is 48.3 Å². The molecule has 1 N–H and O–H groups in total. The number of carbonyl (C=O) groups excluding carboxylic acids is 2. The highest BCUT2D eigenvalue weighted by Gasteiger charge is 2.17. The highest BCUT2D eigenvalue weighted by molar-refractivity contribution is 7.12. The average Bonchev–Trinajstić information content (AvgIpc) is 3.19. The van der Waals surface area contributed by atoms with Gasteiger partial charge in [0, 0.05) is 19.3 Å². The quantitative estimate of drug-likeness (QED) is 0.825. The Morgan fingerprint density at radius 2 is 1.89 bits per heavy atom. The maximum atomic E-state index is 12.2. The third kappa shape index (κ3) is 5.65. The van der Waals surface area contributed by atoms with Gasteiger partial charge in [-0.15, -0.1) is 11.3 Å². The molecule has 6 heteroatoms. The van der Waals surface area contributed by atoms with Crippen molar-refractivity contribution in [3.63, 3.8) is 0 Å². The smallest absolute Gasteiger partial charge is 0.264 e. The van der Waals surface area contributed by atoms with Crippen molar-refractivity contribution in [3.05, 3.63) is 52.2 Å². The summed E-state index contributed by atoms with van der Waals surface area (Å²) in [5.41, 5.74) is 2.01. The Balaban J connectivity index is 1.47. The van der Waals surface area contributed by atoms with Crippen LogP contribution in [0.3, 0.4) is 0 Å². The summed E-state index contributed by atoms with van der Waals surface area (Å²) in [6.45, 7) is 5.62. The number of rotatable bonds is 6. The Bertz CT molecular complexity index is 750. The lowest BCUT2D eigenvalue weighted by molar-refractivity contribution is -0.116. The first kappa shape index (κ1) is 19.6. The van der Waals surface area contributed by atoms with Gasteiger partial charge < -0.3 is 10.2 Å². The van der Waals surface area contributed by atoms with Crippen molar-refractivity contribution in [1.82, 2.24) is 9.80 Å². The van der Waals surface area contributed by atoms with Crippen LogP contribution in [0.5, 0.6) is 0 Å². The first-order valence-corrected chi connectivity index (χ1v) is 10.3. The second-order valence-corrected chi connectivity index (χ2v) is 8.29. The van der Waals surface area contributed by atoms with E-state index in [0.29, 0.717) is 4.88 Å². The summed E-state index contributed by atoms with van der Waals surface area (Å²) in [5.74, 6) is 0.509. The largest absolute Gasteiger partial charge is 0.332 e. The van der Waals surface area contributed by atoms with Crippen LogP contribution in [0.2, 0.25) is 0 Å². The van der Waals surface area contributed by atoms with E-state index >= 15 is 0 Å². The van der Waals surface area contributed by atoms with E-state index in [1.54, 1.807) is 13.1 Å². The number of benzene rings is 1. The van der Waals surface area contributed by atoms with Gasteiger partial charge in [-0.05, 0) is 61.0 Å². The van der Waals surface area contributed by atoms with Crippen molar-refractivity contribution in [2.75, 3.05) is 32.0 Å². The summed E-state index contributed by atoms with van der Waals surface area (Å²) < 4.78 is 0. The van der Waals surface area contributed by atoms with Gasteiger partial charge in [0.1, 0.15) is 0 Å². The molecule has 2 heterocycles. The molecule has 3 rings (SSSR count). The van der Waals surface area contributed by atoms with Crippen molar-refractivity contribution in [3.8, 4) is 0 Å². The average molecular weight is 386 g/mol. The summed E-state index contributed by atoms with van der Waals surface area (Å²) in [6, 6.07) is 11.6. The van der Waals surface area contributed by atoms with Gasteiger partial charge in [-0.1, -0.05) is 25.1 Å². The zero-order chi connectivity index (χ0) is 19.2. The Morgan fingerprint density at radius 3 is 2.52 bits per heavy atom. The molecule has 1 fully saturated rings. The van der Waals surface area contributed by atoms with Gasteiger partial charge in [-0.3, -0.25) is 14.5 Å². The van der Waals surface area contributed by atoms with Gasteiger partial charge in [-0.25, -0.2) is 0 Å². The predicted molar refractivity (Wildman–Crippen MR) is 110 cm³/mol. The molecule has 0 unspecified atom stereocenters. The number of hydrogen-bond donors (Lipinski definition) is 1. The molecule has 0 bridgehead atoms. The maximum Gasteiger partial charge on any atom is 0.264 e. The molecule has 5 nitrogen and oxygen atoms in total. The van der Waals surface area contributed by atoms with E-state index in [-0.39, 0.29) is 18.4 Å². The summed E-state index contributed by atoms with van der Waals surface area (Å²) in [5, 5.41) is 4.72. The topological polar surface area (TPSA) is 52.7 Å². The van der Waals surface area contributed by atoms with E-state index in [1.165, 1.54) is 34.6 Å². The van der Waals surface area contributed by atoms with Crippen molar-refractivity contribution in [1.29, 1.82) is 0 Å². The minimum absolute atomic E-state index is 0.0322. The normalized spacial score (nSPS) is 15.5. The van der Waals surface area contributed by atoms with E-state index < -0.39 is 0 Å². The van der Waals surface area contributed by atoms with Crippen LogP contribution in [0.15, 0.2) is 41.8 Å². The molecule has 1 saturated heterocycles. The molecule has 0 radical (unpaired) electrons. The SMILES string of the molecule is CC1CCN(Cc2ccc(NC(=O)CN(C)C(=O)c3cccs3)cc2)CC1. The van der Waals surface area contributed by atoms with E-state index in [0.717, 1.165) is 31.2 Å². The number of thiophene rings is 1. The molecule has 27 heavy (non-hydrogen) atoms. The van der Waals surface area contributed by atoms with Gasteiger partial charge in [-0.2, -0.15) is 0 Å². The maximum absolute atomic E-state index is 12.2. The van der Waals surface area contributed by atoms with Crippen LogP contribution in [-0.2, 0) is 11.3 Å². The highest BCUT2D eigenvalue weighted by atomic mass is 32.1. The van der Waals surface area contributed by atoms with Gasteiger partial charge in [0.25, 0.3) is 5.91 Å². The second kappa shape index (κ2) is 9.15. The van der Waals surface area contributed by atoms with Gasteiger partial charge in [0.05, 0.1) is 11.4 Å². The minimum Gasteiger partial charge on any atom is -0.332 e.